The van der Waals surface area contributed by atoms with Crippen LogP contribution in [0.5, 0.6) is 0 Å². The van der Waals surface area contributed by atoms with Crippen LogP contribution >= 0.6 is 11.6 Å². The molecule has 2 aromatic rings. The lowest BCUT2D eigenvalue weighted by atomic mass is 9.88. The Morgan fingerprint density at radius 1 is 1.07 bits per heavy atom. The van der Waals surface area contributed by atoms with Gasteiger partial charge in [0, 0.05) is 35.7 Å². The maximum absolute atomic E-state index is 12.5. The molecule has 2 aliphatic heterocycles. The molecule has 5 rings (SSSR count). The first-order valence-electron chi connectivity index (χ1n) is 10.4. The van der Waals surface area contributed by atoms with Crippen molar-refractivity contribution in [2.24, 2.45) is 0 Å². The highest BCUT2D eigenvalue weighted by atomic mass is 35.5. The van der Waals surface area contributed by atoms with Crippen molar-refractivity contribution >= 4 is 35.1 Å². The molecule has 3 fully saturated rings. The SMILES string of the molecule is O=C1CCC(c2cccc(-c3ccc(N4C(=O)CCCC45CC5)nc3)c2Cl)C(=O)N1. The average Bonchev–Trinajstić information content (AvgIpc) is 3.49. The molecule has 6 nitrogen and oxygen atoms in total. The van der Waals surface area contributed by atoms with Gasteiger partial charge < -0.3 is 0 Å². The van der Waals surface area contributed by atoms with Crippen LogP contribution in [0.3, 0.4) is 0 Å². The number of piperidine rings is 2. The van der Waals surface area contributed by atoms with Crippen LogP contribution in [0, 0.1) is 0 Å². The summed E-state index contributed by atoms with van der Waals surface area (Å²) in [4.78, 5) is 42.8. The molecule has 1 N–H and O–H groups in total. The highest BCUT2D eigenvalue weighted by molar-refractivity contribution is 6.34. The van der Waals surface area contributed by atoms with Gasteiger partial charge in [0.1, 0.15) is 5.82 Å². The minimum Gasteiger partial charge on any atom is -0.296 e. The summed E-state index contributed by atoms with van der Waals surface area (Å²) in [6.07, 6.45) is 7.15. The summed E-state index contributed by atoms with van der Waals surface area (Å²) in [7, 11) is 0. The molecule has 1 aliphatic carbocycles. The molecule has 1 aromatic heterocycles. The maximum Gasteiger partial charge on any atom is 0.234 e. The number of nitrogens with zero attached hydrogens (tertiary/aromatic N) is 2. The average molecular weight is 424 g/mol. The van der Waals surface area contributed by atoms with Gasteiger partial charge in [0.25, 0.3) is 0 Å². The van der Waals surface area contributed by atoms with E-state index in [9.17, 15) is 14.4 Å². The number of rotatable bonds is 3. The predicted octanol–water partition coefficient (Wildman–Crippen LogP) is 3.97. The van der Waals surface area contributed by atoms with Crippen molar-refractivity contribution in [3.8, 4) is 11.1 Å². The fourth-order valence-corrected chi connectivity index (χ4v) is 5.12. The van der Waals surface area contributed by atoms with Crippen LogP contribution in [0.2, 0.25) is 5.02 Å². The number of benzene rings is 1. The van der Waals surface area contributed by atoms with Gasteiger partial charge in [-0.1, -0.05) is 29.8 Å². The zero-order valence-corrected chi connectivity index (χ0v) is 17.2. The van der Waals surface area contributed by atoms with Gasteiger partial charge in [-0.15, -0.1) is 0 Å². The number of hydrogen-bond acceptors (Lipinski definition) is 4. The third-order valence-electron chi connectivity index (χ3n) is 6.51. The summed E-state index contributed by atoms with van der Waals surface area (Å²) >= 11 is 6.69. The van der Waals surface area contributed by atoms with E-state index in [-0.39, 0.29) is 23.3 Å². The number of anilines is 1. The molecular formula is C23H22ClN3O3. The van der Waals surface area contributed by atoms with Crippen LogP contribution in [-0.4, -0.2) is 28.2 Å². The number of carbonyl (C=O) groups excluding carboxylic acids is 3. The Morgan fingerprint density at radius 3 is 2.60 bits per heavy atom. The molecule has 3 amide bonds. The second-order valence-corrected chi connectivity index (χ2v) is 8.80. The lowest BCUT2D eigenvalue weighted by Crippen LogP contribution is -2.46. The van der Waals surface area contributed by atoms with Gasteiger partial charge in [0.15, 0.2) is 0 Å². The van der Waals surface area contributed by atoms with E-state index in [1.807, 2.05) is 35.2 Å². The van der Waals surface area contributed by atoms with Crippen molar-refractivity contribution < 1.29 is 14.4 Å². The van der Waals surface area contributed by atoms with E-state index < -0.39 is 5.92 Å². The molecular weight excluding hydrogens is 402 g/mol. The number of carbonyl (C=O) groups is 3. The number of nitrogens with one attached hydrogen (secondary N) is 1. The van der Waals surface area contributed by atoms with Crippen molar-refractivity contribution in [3.63, 3.8) is 0 Å². The summed E-state index contributed by atoms with van der Waals surface area (Å²) in [6, 6.07) is 9.39. The fraction of sp³-hybridized carbons (Fsp3) is 0.391. The third kappa shape index (κ3) is 3.19. The molecule has 2 saturated heterocycles. The molecule has 7 heteroatoms. The van der Waals surface area contributed by atoms with Gasteiger partial charge in [0.2, 0.25) is 17.7 Å². The lowest BCUT2D eigenvalue weighted by Gasteiger charge is -2.35. The zero-order chi connectivity index (χ0) is 20.9. The van der Waals surface area contributed by atoms with E-state index >= 15 is 0 Å². The van der Waals surface area contributed by atoms with Gasteiger partial charge in [-0.05, 0) is 49.8 Å². The Labute approximate surface area is 179 Å². The Morgan fingerprint density at radius 2 is 1.90 bits per heavy atom. The zero-order valence-electron chi connectivity index (χ0n) is 16.5. The monoisotopic (exact) mass is 423 g/mol. The van der Waals surface area contributed by atoms with E-state index in [0.717, 1.165) is 36.8 Å². The highest BCUT2D eigenvalue weighted by Gasteiger charge is 2.52. The normalized spacial score (nSPS) is 22.9. The van der Waals surface area contributed by atoms with Crippen molar-refractivity contribution in [2.75, 3.05) is 4.90 Å². The van der Waals surface area contributed by atoms with Crippen LogP contribution in [0.1, 0.15) is 56.4 Å². The Bertz CT molecular complexity index is 1050. The van der Waals surface area contributed by atoms with Crippen molar-refractivity contribution in [2.45, 2.75) is 56.4 Å². The second kappa shape index (κ2) is 7.20. The van der Waals surface area contributed by atoms with E-state index in [1.54, 1.807) is 6.20 Å². The number of aromatic nitrogens is 1. The summed E-state index contributed by atoms with van der Waals surface area (Å²) in [5, 5.41) is 2.88. The number of halogens is 1. The minimum absolute atomic E-state index is 0.0206. The van der Waals surface area contributed by atoms with Crippen LogP contribution in [-0.2, 0) is 14.4 Å². The van der Waals surface area contributed by atoms with Crippen molar-refractivity contribution in [1.82, 2.24) is 10.3 Å². The molecule has 0 radical (unpaired) electrons. The number of hydrogen-bond donors (Lipinski definition) is 1. The predicted molar refractivity (Wildman–Crippen MR) is 113 cm³/mol. The number of imide groups is 1. The van der Waals surface area contributed by atoms with Crippen molar-refractivity contribution in [1.29, 1.82) is 0 Å². The number of pyridine rings is 1. The largest absolute Gasteiger partial charge is 0.296 e. The summed E-state index contributed by atoms with van der Waals surface area (Å²) < 4.78 is 0. The topological polar surface area (TPSA) is 79.4 Å². The quantitative estimate of drug-likeness (QED) is 0.757. The molecule has 1 spiro atoms. The Hall–Kier alpha value is -2.73. The molecule has 3 heterocycles. The standard InChI is InChI=1S/C23H22ClN3O3/c24-21-15(3-1-4-16(21)17-7-9-19(28)26-22(17)30)14-6-8-18(25-13-14)27-20(29)5-2-10-23(27)11-12-23/h1,3-4,6,8,13,17H,2,5,7,9-12H2,(H,26,28,30). The molecule has 1 aromatic carbocycles. The van der Waals surface area contributed by atoms with Gasteiger partial charge >= 0.3 is 0 Å². The van der Waals surface area contributed by atoms with Gasteiger partial charge in [-0.2, -0.15) is 0 Å². The van der Waals surface area contributed by atoms with Crippen molar-refractivity contribution in [3.05, 3.63) is 47.1 Å². The highest BCUT2D eigenvalue weighted by Crippen LogP contribution is 2.50. The van der Waals surface area contributed by atoms with Crippen LogP contribution in [0.25, 0.3) is 11.1 Å². The minimum atomic E-state index is -0.442. The molecule has 0 bridgehead atoms. The van der Waals surface area contributed by atoms with Crippen LogP contribution < -0.4 is 10.2 Å². The van der Waals surface area contributed by atoms with Gasteiger partial charge in [-0.3, -0.25) is 24.6 Å². The molecule has 154 valence electrons. The van der Waals surface area contributed by atoms with E-state index in [0.29, 0.717) is 35.7 Å². The summed E-state index contributed by atoms with van der Waals surface area (Å²) in [6.45, 7) is 0. The Kier molecular flexibility index (Phi) is 4.62. The first-order chi connectivity index (χ1) is 14.5. The lowest BCUT2D eigenvalue weighted by molar-refractivity contribution is -0.134. The number of amides is 3. The summed E-state index contributed by atoms with van der Waals surface area (Å²) in [5.41, 5.74) is 2.30. The van der Waals surface area contributed by atoms with Crippen LogP contribution in [0.4, 0.5) is 5.82 Å². The van der Waals surface area contributed by atoms with E-state index in [2.05, 4.69) is 10.3 Å². The first kappa shape index (κ1) is 19.2. The first-order valence-corrected chi connectivity index (χ1v) is 10.8. The van der Waals surface area contributed by atoms with E-state index in [1.165, 1.54) is 0 Å². The molecule has 30 heavy (non-hydrogen) atoms. The molecule has 1 saturated carbocycles. The van der Waals surface area contributed by atoms with Gasteiger partial charge in [0.05, 0.1) is 10.9 Å². The summed E-state index contributed by atoms with van der Waals surface area (Å²) in [5.74, 6) is -0.153. The smallest absolute Gasteiger partial charge is 0.234 e. The molecule has 1 atom stereocenters. The Balaban J connectivity index is 1.45. The van der Waals surface area contributed by atoms with E-state index in [4.69, 9.17) is 11.6 Å². The maximum atomic E-state index is 12.5. The fourth-order valence-electron chi connectivity index (χ4n) is 4.76. The second-order valence-electron chi connectivity index (χ2n) is 8.42. The van der Waals surface area contributed by atoms with Crippen LogP contribution in [0.15, 0.2) is 36.5 Å². The molecule has 3 aliphatic rings. The molecule has 1 unspecified atom stereocenters. The third-order valence-corrected chi connectivity index (χ3v) is 6.94. The van der Waals surface area contributed by atoms with Gasteiger partial charge in [-0.25, -0.2) is 4.98 Å².